The maximum atomic E-state index is 9.64. The lowest BCUT2D eigenvalue weighted by molar-refractivity contribution is 0.424. The third-order valence-electron chi connectivity index (χ3n) is 6.47. The summed E-state index contributed by atoms with van der Waals surface area (Å²) in [4.78, 5) is 9.40. The molecule has 2 N–H and O–H groups in total. The van der Waals surface area contributed by atoms with E-state index in [1.807, 2.05) is 30.3 Å². The summed E-state index contributed by atoms with van der Waals surface area (Å²) >= 11 is 0. The van der Waals surface area contributed by atoms with Crippen LogP contribution < -0.4 is 5.59 Å². The largest absolute Gasteiger partial charge is 0.508 e. The quantitative estimate of drug-likeness (QED) is 0.300. The Morgan fingerprint density at radius 1 is 0.405 bits per heavy atom. The summed E-state index contributed by atoms with van der Waals surface area (Å²) in [7, 11) is -1.64. The van der Waals surface area contributed by atoms with Crippen LogP contribution in [0.5, 0.6) is 0 Å². The fraction of sp³-hybridized carbons (Fsp3) is 0. The van der Waals surface area contributed by atoms with E-state index in [0.717, 1.165) is 33.5 Å². The topological polar surface area (TPSA) is 66.2 Å². The van der Waals surface area contributed by atoms with Gasteiger partial charge < -0.3 is 10.0 Å². The number of aromatic nitrogens is 2. The minimum absolute atomic E-state index is 0.185. The summed E-state index contributed by atoms with van der Waals surface area (Å²) in [5.74, 6) is 0. The van der Waals surface area contributed by atoms with Crippen molar-refractivity contribution in [2.45, 2.75) is 0 Å². The van der Waals surface area contributed by atoms with E-state index in [-0.39, 0.29) is 5.59 Å². The second kappa shape index (κ2) is 9.82. The van der Waals surface area contributed by atoms with Crippen LogP contribution in [-0.2, 0) is 0 Å². The zero-order valence-corrected chi connectivity index (χ0v) is 20.0. The third-order valence-corrected chi connectivity index (χ3v) is 6.47. The van der Waals surface area contributed by atoms with Gasteiger partial charge in [0.15, 0.2) is 0 Å². The van der Waals surface area contributed by atoms with Gasteiger partial charge in [-0.2, -0.15) is 0 Å². The smallest absolute Gasteiger partial charge is 0.422 e. The van der Waals surface area contributed by atoms with E-state index in [9.17, 15) is 10.0 Å². The monoisotopic (exact) mass is 478 g/mol. The lowest BCUT2D eigenvalue weighted by atomic mass is 9.85. The van der Waals surface area contributed by atoms with Gasteiger partial charge >= 0.3 is 7.12 Å². The molecule has 2 aromatic heterocycles. The molecule has 0 aliphatic heterocycles. The van der Waals surface area contributed by atoms with Gasteiger partial charge in [-0.05, 0) is 69.4 Å². The van der Waals surface area contributed by atoms with Crippen molar-refractivity contribution < 1.29 is 10.0 Å². The number of nitrogens with zero attached hydrogens (tertiary/aromatic N) is 2. The highest BCUT2D eigenvalue weighted by molar-refractivity contribution is 6.57. The van der Waals surface area contributed by atoms with Crippen LogP contribution in [0.25, 0.3) is 55.7 Å². The molecular weight excluding hydrogens is 455 g/mol. The third kappa shape index (κ3) is 4.78. The minimum Gasteiger partial charge on any atom is -0.422 e. The van der Waals surface area contributed by atoms with Crippen molar-refractivity contribution in [2.75, 3.05) is 0 Å². The predicted molar refractivity (Wildman–Crippen MR) is 151 cm³/mol. The van der Waals surface area contributed by atoms with Crippen LogP contribution in [0.1, 0.15) is 0 Å². The van der Waals surface area contributed by atoms with Crippen molar-refractivity contribution in [1.29, 1.82) is 0 Å². The van der Waals surface area contributed by atoms with Crippen LogP contribution in [0.15, 0.2) is 127 Å². The van der Waals surface area contributed by atoms with Gasteiger partial charge in [0.1, 0.15) is 0 Å². The van der Waals surface area contributed by atoms with Crippen LogP contribution in [0, 0.1) is 0 Å². The average molecular weight is 478 g/mol. The van der Waals surface area contributed by atoms with Crippen LogP contribution >= 0.6 is 0 Å². The average Bonchev–Trinajstić information content (AvgIpc) is 2.97. The van der Waals surface area contributed by atoms with Crippen LogP contribution in [-0.4, -0.2) is 27.1 Å². The van der Waals surface area contributed by atoms with E-state index in [4.69, 9.17) is 4.98 Å². The van der Waals surface area contributed by atoms with E-state index in [0.29, 0.717) is 11.4 Å². The lowest BCUT2D eigenvalue weighted by Crippen LogP contribution is -2.32. The molecule has 0 spiro atoms. The molecule has 2 heterocycles. The Labute approximate surface area is 215 Å². The fourth-order valence-corrected chi connectivity index (χ4v) is 4.57. The zero-order chi connectivity index (χ0) is 25.2. The van der Waals surface area contributed by atoms with Gasteiger partial charge in [-0.1, -0.05) is 91.0 Å². The first-order valence-electron chi connectivity index (χ1n) is 12.1. The van der Waals surface area contributed by atoms with Crippen molar-refractivity contribution >= 4 is 23.5 Å². The Balaban J connectivity index is 1.48. The van der Waals surface area contributed by atoms with Gasteiger partial charge in [0.2, 0.25) is 0 Å². The summed E-state index contributed by atoms with van der Waals surface area (Å²) in [5, 5.41) is 21.7. The van der Waals surface area contributed by atoms with Crippen LogP contribution in [0.4, 0.5) is 0 Å². The van der Waals surface area contributed by atoms with Gasteiger partial charge in [0, 0.05) is 5.56 Å². The molecule has 6 rings (SSSR count). The molecule has 0 saturated carbocycles. The number of fused-ring (bicyclic) bond motifs is 1. The first kappa shape index (κ1) is 22.9. The molecular formula is C32H23BN2O2. The SMILES string of the molecule is OB(O)c1cccc(-c2cc(-c3ccccc3)cc(-c3cccc(-c4ccc5ccccc5c4)c3)n2)n1. The number of hydrogen-bond donors (Lipinski definition) is 2. The Kier molecular flexibility index (Phi) is 6.07. The van der Waals surface area contributed by atoms with E-state index in [2.05, 4.69) is 89.9 Å². The summed E-state index contributed by atoms with van der Waals surface area (Å²) in [6.07, 6.45) is 0. The molecule has 4 aromatic carbocycles. The molecule has 37 heavy (non-hydrogen) atoms. The molecule has 0 unspecified atom stereocenters. The molecule has 0 amide bonds. The molecule has 0 aliphatic rings. The molecule has 5 heteroatoms. The Hall–Kier alpha value is -4.58. The van der Waals surface area contributed by atoms with Gasteiger partial charge in [0.25, 0.3) is 0 Å². The predicted octanol–water partition coefficient (Wildman–Crippen LogP) is 5.98. The molecule has 6 aromatic rings. The van der Waals surface area contributed by atoms with Gasteiger partial charge in [0.05, 0.1) is 22.7 Å². The summed E-state index contributed by atoms with van der Waals surface area (Å²) < 4.78 is 0. The molecule has 176 valence electrons. The van der Waals surface area contributed by atoms with Crippen molar-refractivity contribution in [2.24, 2.45) is 0 Å². The Morgan fingerprint density at radius 2 is 1.08 bits per heavy atom. The first-order valence-corrected chi connectivity index (χ1v) is 12.1. The standard InChI is InChI=1S/C32H23BN2O2/c36-33(37)32-15-7-14-29(35-32)31-21-28(22-8-2-1-3-9-22)20-30(34-31)27-13-6-12-25(19-27)26-17-16-23-10-4-5-11-24(23)18-26/h1-21,36-37H. The maximum Gasteiger partial charge on any atom is 0.508 e. The second-order valence-corrected chi connectivity index (χ2v) is 8.96. The number of hydrogen-bond acceptors (Lipinski definition) is 4. The highest BCUT2D eigenvalue weighted by atomic mass is 16.4. The van der Waals surface area contributed by atoms with E-state index < -0.39 is 7.12 Å². The molecule has 0 radical (unpaired) electrons. The maximum absolute atomic E-state index is 9.64. The van der Waals surface area contributed by atoms with Crippen molar-refractivity contribution in [3.8, 4) is 44.9 Å². The fourth-order valence-electron chi connectivity index (χ4n) is 4.57. The van der Waals surface area contributed by atoms with Crippen molar-refractivity contribution in [3.05, 3.63) is 127 Å². The Morgan fingerprint density at radius 3 is 1.92 bits per heavy atom. The summed E-state index contributed by atoms with van der Waals surface area (Å²) in [6, 6.07) is 42.7. The van der Waals surface area contributed by atoms with Crippen LogP contribution in [0.2, 0.25) is 0 Å². The van der Waals surface area contributed by atoms with Gasteiger partial charge in [-0.15, -0.1) is 0 Å². The minimum atomic E-state index is -1.64. The molecule has 0 fully saturated rings. The molecule has 0 aliphatic carbocycles. The van der Waals surface area contributed by atoms with Gasteiger partial charge in [-0.3, -0.25) is 4.98 Å². The lowest BCUT2D eigenvalue weighted by Gasteiger charge is -2.12. The summed E-state index contributed by atoms with van der Waals surface area (Å²) in [5.41, 5.74) is 7.56. The molecule has 0 atom stereocenters. The van der Waals surface area contributed by atoms with Crippen molar-refractivity contribution in [1.82, 2.24) is 9.97 Å². The Bertz CT molecular complexity index is 1720. The van der Waals surface area contributed by atoms with E-state index in [1.54, 1.807) is 12.1 Å². The van der Waals surface area contributed by atoms with Crippen LogP contribution in [0.3, 0.4) is 0 Å². The van der Waals surface area contributed by atoms with Crippen molar-refractivity contribution in [3.63, 3.8) is 0 Å². The molecule has 0 bridgehead atoms. The van der Waals surface area contributed by atoms with E-state index in [1.165, 1.54) is 10.8 Å². The summed E-state index contributed by atoms with van der Waals surface area (Å²) in [6.45, 7) is 0. The number of pyridine rings is 2. The van der Waals surface area contributed by atoms with Gasteiger partial charge in [-0.25, -0.2) is 4.98 Å². The normalized spacial score (nSPS) is 11.0. The highest BCUT2D eigenvalue weighted by Gasteiger charge is 2.15. The number of rotatable bonds is 5. The second-order valence-electron chi connectivity index (χ2n) is 8.96. The molecule has 4 nitrogen and oxygen atoms in total. The molecule has 0 saturated heterocycles. The highest BCUT2D eigenvalue weighted by Crippen LogP contribution is 2.32. The first-order chi connectivity index (χ1) is 18.1. The zero-order valence-electron chi connectivity index (χ0n) is 20.0. The number of benzene rings is 4. The van der Waals surface area contributed by atoms with E-state index >= 15 is 0 Å².